The Morgan fingerprint density at radius 2 is 2.12 bits per heavy atom. The molecule has 1 aromatic rings. The summed E-state index contributed by atoms with van der Waals surface area (Å²) in [5.41, 5.74) is 0.519. The zero-order valence-electron chi connectivity index (χ0n) is 16.2. The summed E-state index contributed by atoms with van der Waals surface area (Å²) in [5.74, 6) is 0.236. The molecule has 1 heterocycles. The minimum absolute atomic E-state index is 0.419. The number of carbonyl (C=O) groups is 1. The summed E-state index contributed by atoms with van der Waals surface area (Å²) < 4.78 is 39.0. The van der Waals surface area contributed by atoms with Gasteiger partial charge < -0.3 is 9.47 Å². The molecule has 0 amide bonds. The number of benzene rings is 1. The highest BCUT2D eigenvalue weighted by molar-refractivity contribution is 7.90. The van der Waals surface area contributed by atoms with Crippen LogP contribution in [0.4, 0.5) is 0 Å². The molecule has 2 atom stereocenters. The molecule has 1 aliphatic heterocycles. The summed E-state index contributed by atoms with van der Waals surface area (Å²) >= 11 is 0. The molecule has 0 saturated carbocycles. The Kier molecular flexibility index (Phi) is 6.34. The fourth-order valence-electron chi connectivity index (χ4n) is 3.05. The van der Waals surface area contributed by atoms with Gasteiger partial charge in [0.25, 0.3) is 0 Å². The van der Waals surface area contributed by atoms with E-state index in [-0.39, 0.29) is 0 Å². The van der Waals surface area contributed by atoms with Crippen molar-refractivity contribution in [3.05, 3.63) is 29.3 Å². The van der Waals surface area contributed by atoms with Crippen LogP contribution in [-0.4, -0.2) is 38.4 Å². The van der Waals surface area contributed by atoms with Crippen LogP contribution >= 0.6 is 0 Å². The quantitative estimate of drug-likeness (QED) is 0.732. The number of unbranched alkanes of at least 4 members (excludes halogenated alkanes) is 1. The molecule has 146 valence electrons. The second kappa shape index (κ2) is 7.96. The predicted molar refractivity (Wildman–Crippen MR) is 101 cm³/mol. The van der Waals surface area contributed by atoms with E-state index >= 15 is 0 Å². The van der Waals surface area contributed by atoms with Crippen molar-refractivity contribution in [2.24, 2.45) is 0 Å². The molecule has 6 nitrogen and oxygen atoms in total. The molecule has 0 radical (unpaired) electrons. The van der Waals surface area contributed by atoms with Gasteiger partial charge in [0.15, 0.2) is 0 Å². The highest BCUT2D eigenvalue weighted by Gasteiger charge is 2.40. The number of hydrogen-bond acceptors (Lipinski definition) is 5. The average molecular weight is 384 g/mol. The molecular weight excluding hydrogens is 354 g/mol. The van der Waals surface area contributed by atoms with Gasteiger partial charge in [-0.15, -0.1) is 0 Å². The average Bonchev–Trinajstić information content (AvgIpc) is 2.58. The molecule has 0 aliphatic carbocycles. The zero-order chi connectivity index (χ0) is 19.5. The smallest absolute Gasteiger partial charge is 0.337 e. The van der Waals surface area contributed by atoms with E-state index in [0.717, 1.165) is 18.4 Å². The van der Waals surface area contributed by atoms with Gasteiger partial charge in [-0.3, -0.25) is 0 Å². The Balaban J connectivity index is 2.24. The molecular formula is C19H29NO5S. The Morgan fingerprint density at radius 3 is 2.73 bits per heavy atom. The molecule has 0 saturated heterocycles. The second-order valence-corrected chi connectivity index (χ2v) is 9.52. The fourth-order valence-corrected chi connectivity index (χ4v) is 4.52. The lowest BCUT2D eigenvalue weighted by atomic mass is 9.89. The molecule has 0 spiro atoms. The van der Waals surface area contributed by atoms with Crippen molar-refractivity contribution in [2.75, 3.05) is 7.11 Å². The molecule has 2 unspecified atom stereocenters. The number of carbonyl (C=O) groups excluding carboxylic acids is 1. The summed E-state index contributed by atoms with van der Waals surface area (Å²) in [6, 6.07) is 4.67. The van der Waals surface area contributed by atoms with E-state index in [1.807, 2.05) is 20.8 Å². The summed E-state index contributed by atoms with van der Waals surface area (Å²) in [4.78, 5) is 11.8. The summed E-state index contributed by atoms with van der Waals surface area (Å²) in [6.45, 7) is 7.51. The molecule has 7 heteroatoms. The van der Waals surface area contributed by atoms with Gasteiger partial charge >= 0.3 is 5.97 Å². The molecule has 0 bridgehead atoms. The van der Waals surface area contributed by atoms with E-state index in [9.17, 15) is 13.2 Å². The Bertz CT molecular complexity index is 757. The second-order valence-electron chi connectivity index (χ2n) is 7.39. The highest BCUT2D eigenvalue weighted by Crippen LogP contribution is 2.34. The van der Waals surface area contributed by atoms with Gasteiger partial charge in [-0.1, -0.05) is 19.8 Å². The molecule has 2 rings (SSSR count). The Hall–Kier alpha value is -1.60. The number of hydrogen-bond donors (Lipinski definition) is 1. The van der Waals surface area contributed by atoms with Crippen molar-refractivity contribution in [1.29, 1.82) is 0 Å². The van der Waals surface area contributed by atoms with Gasteiger partial charge in [-0.2, -0.15) is 0 Å². The first kappa shape index (κ1) is 20.7. The van der Waals surface area contributed by atoms with Crippen LogP contribution in [-0.2, 0) is 21.2 Å². The summed E-state index contributed by atoms with van der Waals surface area (Å²) in [6.07, 6.45) is 2.91. The lowest BCUT2D eigenvalue weighted by molar-refractivity contribution is 0.0564. The van der Waals surface area contributed by atoms with Crippen molar-refractivity contribution in [3.8, 4) is 5.75 Å². The standard InChI is InChI=1S/C19H29NO5S/c1-6-7-8-13(2)26(22,23)20-17-12-15-11-14(18(21)24-5)9-10-16(15)25-19(17,3)4/h9-11,13,17,20H,6-8,12H2,1-5H3. The first-order valence-electron chi connectivity index (χ1n) is 9.02. The van der Waals surface area contributed by atoms with Crippen LogP contribution in [0.15, 0.2) is 18.2 Å². The van der Waals surface area contributed by atoms with Gasteiger partial charge in [-0.05, 0) is 57.4 Å². The largest absolute Gasteiger partial charge is 0.486 e. The Labute approximate surface area is 156 Å². The number of sulfonamides is 1. The maximum absolute atomic E-state index is 12.7. The third-order valence-electron chi connectivity index (χ3n) is 4.92. The van der Waals surface area contributed by atoms with Crippen molar-refractivity contribution in [1.82, 2.24) is 4.72 Å². The molecule has 26 heavy (non-hydrogen) atoms. The zero-order valence-corrected chi connectivity index (χ0v) is 17.0. The lowest BCUT2D eigenvalue weighted by Gasteiger charge is -2.40. The van der Waals surface area contributed by atoms with Crippen LogP contribution in [0.3, 0.4) is 0 Å². The maximum atomic E-state index is 12.7. The van der Waals surface area contributed by atoms with Crippen LogP contribution in [0.5, 0.6) is 5.75 Å². The third-order valence-corrected chi connectivity index (χ3v) is 6.83. The van der Waals surface area contributed by atoms with Gasteiger partial charge in [0, 0.05) is 0 Å². The van der Waals surface area contributed by atoms with Crippen LogP contribution in [0.2, 0.25) is 0 Å². The maximum Gasteiger partial charge on any atom is 0.337 e. The first-order valence-corrected chi connectivity index (χ1v) is 10.6. The van der Waals surface area contributed by atoms with E-state index in [4.69, 9.17) is 9.47 Å². The topological polar surface area (TPSA) is 81.7 Å². The number of rotatable bonds is 7. The van der Waals surface area contributed by atoms with Crippen molar-refractivity contribution in [3.63, 3.8) is 0 Å². The SMILES string of the molecule is CCCCC(C)S(=O)(=O)NC1Cc2cc(C(=O)OC)ccc2OC1(C)C. The first-order chi connectivity index (χ1) is 12.1. The molecule has 0 fully saturated rings. The van der Waals surface area contributed by atoms with Crippen molar-refractivity contribution in [2.45, 2.75) is 70.3 Å². The van der Waals surface area contributed by atoms with Crippen LogP contribution in [0.25, 0.3) is 0 Å². The number of methoxy groups -OCH3 is 1. The number of ether oxygens (including phenoxy) is 2. The van der Waals surface area contributed by atoms with E-state index in [1.165, 1.54) is 7.11 Å². The number of esters is 1. The normalized spacial score (nSPS) is 20.0. The third kappa shape index (κ3) is 4.57. The number of nitrogens with one attached hydrogen (secondary N) is 1. The molecule has 1 aromatic carbocycles. The van der Waals surface area contributed by atoms with Gasteiger partial charge in [0.05, 0.1) is 24.0 Å². The fraction of sp³-hybridized carbons (Fsp3) is 0.632. The lowest BCUT2D eigenvalue weighted by Crippen LogP contribution is -2.57. The van der Waals surface area contributed by atoms with E-state index in [1.54, 1.807) is 25.1 Å². The van der Waals surface area contributed by atoms with Crippen molar-refractivity contribution >= 4 is 16.0 Å². The van der Waals surface area contributed by atoms with E-state index in [2.05, 4.69) is 4.72 Å². The highest BCUT2D eigenvalue weighted by atomic mass is 32.2. The Morgan fingerprint density at radius 1 is 1.42 bits per heavy atom. The van der Waals surface area contributed by atoms with Gasteiger partial charge in [0.1, 0.15) is 11.4 Å². The van der Waals surface area contributed by atoms with Crippen LogP contribution < -0.4 is 9.46 Å². The van der Waals surface area contributed by atoms with E-state index in [0.29, 0.717) is 24.2 Å². The minimum Gasteiger partial charge on any atom is -0.486 e. The number of fused-ring (bicyclic) bond motifs is 1. The summed E-state index contributed by atoms with van der Waals surface area (Å²) in [5, 5.41) is -0.457. The monoisotopic (exact) mass is 383 g/mol. The van der Waals surface area contributed by atoms with E-state index < -0.39 is 32.9 Å². The van der Waals surface area contributed by atoms with Crippen LogP contribution in [0.1, 0.15) is 62.9 Å². The van der Waals surface area contributed by atoms with Crippen molar-refractivity contribution < 1.29 is 22.7 Å². The molecule has 1 N–H and O–H groups in total. The van der Waals surface area contributed by atoms with Gasteiger partial charge in [0.2, 0.25) is 10.0 Å². The molecule has 0 aromatic heterocycles. The summed E-state index contributed by atoms with van der Waals surface area (Å²) in [7, 11) is -2.13. The predicted octanol–water partition coefficient (Wildman–Crippen LogP) is 3.05. The minimum atomic E-state index is -3.46. The van der Waals surface area contributed by atoms with Gasteiger partial charge in [-0.25, -0.2) is 17.9 Å². The molecule has 1 aliphatic rings. The van der Waals surface area contributed by atoms with Crippen LogP contribution in [0, 0.1) is 0 Å².